The van der Waals surface area contributed by atoms with Gasteiger partial charge in [-0.1, -0.05) is 11.6 Å². The lowest BCUT2D eigenvalue weighted by Gasteiger charge is -2.09. The lowest BCUT2D eigenvalue weighted by molar-refractivity contribution is 0.355. The van der Waals surface area contributed by atoms with Crippen molar-refractivity contribution in [2.75, 3.05) is 26.6 Å². The minimum atomic E-state index is 0.392. The Bertz CT molecular complexity index is 1090. The largest absolute Gasteiger partial charge is 0.495 e. The normalized spacial score (nSPS) is 10.9. The van der Waals surface area contributed by atoms with Crippen LogP contribution in [0.15, 0.2) is 48.0 Å². The quantitative estimate of drug-likeness (QED) is 0.504. The third-order valence-electron chi connectivity index (χ3n) is 4.07. The fraction of sp³-hybridized carbons (Fsp3) is 0.143. The monoisotopic (exact) mass is 427 g/mol. The number of nitriles is 1. The number of hydrogen-bond acceptors (Lipinski definition) is 7. The average Bonchev–Trinajstić information content (AvgIpc) is 3.24. The van der Waals surface area contributed by atoms with E-state index >= 15 is 0 Å². The van der Waals surface area contributed by atoms with E-state index in [4.69, 9.17) is 25.8 Å². The third kappa shape index (κ3) is 4.62. The predicted molar refractivity (Wildman–Crippen MR) is 116 cm³/mol. The van der Waals surface area contributed by atoms with Gasteiger partial charge < -0.3 is 19.5 Å². The van der Waals surface area contributed by atoms with Gasteiger partial charge in [-0.25, -0.2) is 4.98 Å². The zero-order valence-electron chi connectivity index (χ0n) is 16.0. The van der Waals surface area contributed by atoms with Crippen LogP contribution in [0.5, 0.6) is 17.2 Å². The van der Waals surface area contributed by atoms with E-state index < -0.39 is 0 Å². The molecule has 3 aromatic rings. The molecular weight excluding hydrogens is 410 g/mol. The second-order valence-electron chi connectivity index (χ2n) is 5.77. The number of ether oxygens (including phenoxy) is 3. The molecule has 2 aromatic carbocycles. The molecule has 0 radical (unpaired) electrons. The highest BCUT2D eigenvalue weighted by Crippen LogP contribution is 2.34. The predicted octanol–water partition coefficient (Wildman–Crippen LogP) is 5.47. The minimum absolute atomic E-state index is 0.392. The van der Waals surface area contributed by atoms with Gasteiger partial charge in [0, 0.05) is 22.2 Å². The summed E-state index contributed by atoms with van der Waals surface area (Å²) in [7, 11) is 4.74. The molecule has 0 amide bonds. The highest BCUT2D eigenvalue weighted by Gasteiger charge is 2.12. The smallest absolute Gasteiger partial charge is 0.161 e. The van der Waals surface area contributed by atoms with Crippen LogP contribution in [-0.2, 0) is 0 Å². The summed E-state index contributed by atoms with van der Waals surface area (Å²) in [5.41, 5.74) is 2.66. The van der Waals surface area contributed by atoms with Gasteiger partial charge in [0.15, 0.2) is 11.5 Å². The summed E-state index contributed by atoms with van der Waals surface area (Å²) in [6.45, 7) is 0. The number of allylic oxidation sites excluding steroid dienone is 1. The van der Waals surface area contributed by atoms with E-state index in [1.165, 1.54) is 11.3 Å². The maximum atomic E-state index is 9.58. The Morgan fingerprint density at radius 3 is 2.48 bits per heavy atom. The van der Waals surface area contributed by atoms with Crippen LogP contribution in [0.25, 0.3) is 16.8 Å². The first-order valence-electron chi connectivity index (χ1n) is 8.48. The number of nitrogens with zero attached hydrogens (tertiary/aromatic N) is 2. The highest BCUT2D eigenvalue weighted by molar-refractivity contribution is 7.11. The van der Waals surface area contributed by atoms with Crippen molar-refractivity contribution in [2.24, 2.45) is 0 Å². The molecule has 0 saturated carbocycles. The zero-order chi connectivity index (χ0) is 20.8. The number of rotatable bonds is 7. The van der Waals surface area contributed by atoms with E-state index in [0.29, 0.717) is 38.5 Å². The summed E-state index contributed by atoms with van der Waals surface area (Å²) < 4.78 is 15.9. The van der Waals surface area contributed by atoms with Crippen molar-refractivity contribution in [3.05, 3.63) is 58.0 Å². The Labute approximate surface area is 177 Å². The van der Waals surface area contributed by atoms with Crippen LogP contribution in [0.3, 0.4) is 0 Å². The molecule has 0 bridgehead atoms. The Kier molecular flexibility index (Phi) is 6.60. The van der Waals surface area contributed by atoms with Crippen LogP contribution in [0.2, 0.25) is 5.02 Å². The molecule has 1 heterocycles. The standard InChI is InChI=1S/C21H18ClN3O3S/c1-26-18-7-5-15(22)9-16(18)24-11-14(10-23)21-25-17(12-29-21)13-4-6-19(27-2)20(8-13)28-3/h4-9,11-12,24H,1-3H3. The maximum absolute atomic E-state index is 9.58. The van der Waals surface area contributed by atoms with Gasteiger partial charge in [0.25, 0.3) is 0 Å². The van der Waals surface area contributed by atoms with Crippen LogP contribution >= 0.6 is 22.9 Å². The number of halogens is 1. The van der Waals surface area contributed by atoms with Crippen molar-refractivity contribution in [3.8, 4) is 34.6 Å². The molecule has 0 aliphatic rings. The summed E-state index contributed by atoms with van der Waals surface area (Å²) in [6.07, 6.45) is 1.59. The molecule has 0 spiro atoms. The Hall–Kier alpha value is -3.21. The summed E-state index contributed by atoms with van der Waals surface area (Å²) in [5, 5.41) is 15.7. The Balaban J connectivity index is 1.87. The van der Waals surface area contributed by atoms with Gasteiger partial charge in [-0.05, 0) is 36.4 Å². The summed E-state index contributed by atoms with van der Waals surface area (Å²) in [6, 6.07) is 12.9. The van der Waals surface area contributed by atoms with Crippen molar-refractivity contribution < 1.29 is 14.2 Å². The van der Waals surface area contributed by atoms with E-state index in [1.807, 2.05) is 23.6 Å². The van der Waals surface area contributed by atoms with Crippen LogP contribution in [0.1, 0.15) is 5.01 Å². The van der Waals surface area contributed by atoms with Gasteiger partial charge in [-0.3, -0.25) is 0 Å². The SMILES string of the molecule is COc1ccc(Cl)cc1NC=C(C#N)c1nc(-c2ccc(OC)c(OC)c2)cs1. The molecule has 0 unspecified atom stereocenters. The lowest BCUT2D eigenvalue weighted by atomic mass is 10.1. The van der Waals surface area contributed by atoms with E-state index in [2.05, 4.69) is 16.4 Å². The van der Waals surface area contributed by atoms with E-state index in [1.54, 1.807) is 45.7 Å². The Morgan fingerprint density at radius 1 is 1.07 bits per heavy atom. The van der Waals surface area contributed by atoms with Gasteiger partial charge in [-0.15, -0.1) is 11.3 Å². The fourth-order valence-corrected chi connectivity index (χ4v) is 3.58. The van der Waals surface area contributed by atoms with E-state index in [-0.39, 0.29) is 0 Å². The molecule has 6 nitrogen and oxygen atoms in total. The van der Waals surface area contributed by atoms with Gasteiger partial charge in [0.05, 0.1) is 32.7 Å². The van der Waals surface area contributed by atoms with Crippen molar-refractivity contribution in [1.82, 2.24) is 4.98 Å². The molecule has 1 N–H and O–H groups in total. The molecule has 29 heavy (non-hydrogen) atoms. The fourth-order valence-electron chi connectivity index (χ4n) is 2.61. The first-order chi connectivity index (χ1) is 14.1. The third-order valence-corrected chi connectivity index (χ3v) is 5.18. The molecule has 0 aliphatic carbocycles. The first kappa shape index (κ1) is 20.5. The highest BCUT2D eigenvalue weighted by atomic mass is 35.5. The molecule has 0 aliphatic heterocycles. The van der Waals surface area contributed by atoms with Gasteiger partial charge in [0.2, 0.25) is 0 Å². The van der Waals surface area contributed by atoms with Crippen molar-refractivity contribution in [1.29, 1.82) is 5.26 Å². The number of aromatic nitrogens is 1. The number of methoxy groups -OCH3 is 3. The summed E-state index contributed by atoms with van der Waals surface area (Å²) in [4.78, 5) is 4.59. The zero-order valence-corrected chi connectivity index (χ0v) is 17.6. The number of hydrogen-bond donors (Lipinski definition) is 1. The summed E-state index contributed by atoms with van der Waals surface area (Å²) in [5.74, 6) is 1.88. The Morgan fingerprint density at radius 2 is 1.79 bits per heavy atom. The second kappa shape index (κ2) is 9.32. The minimum Gasteiger partial charge on any atom is -0.495 e. The molecule has 1 aromatic heterocycles. The van der Waals surface area contributed by atoms with Gasteiger partial charge >= 0.3 is 0 Å². The number of nitrogens with one attached hydrogen (secondary N) is 1. The summed E-state index contributed by atoms with van der Waals surface area (Å²) >= 11 is 7.42. The topological polar surface area (TPSA) is 76.4 Å². The van der Waals surface area contributed by atoms with Gasteiger partial charge in [0.1, 0.15) is 22.4 Å². The maximum Gasteiger partial charge on any atom is 0.161 e. The first-order valence-corrected chi connectivity index (χ1v) is 9.74. The van der Waals surface area contributed by atoms with Crippen LogP contribution in [0.4, 0.5) is 5.69 Å². The average molecular weight is 428 g/mol. The molecular formula is C21H18ClN3O3S. The van der Waals surface area contributed by atoms with E-state index in [9.17, 15) is 5.26 Å². The second-order valence-corrected chi connectivity index (χ2v) is 7.06. The van der Waals surface area contributed by atoms with Crippen molar-refractivity contribution in [2.45, 2.75) is 0 Å². The van der Waals surface area contributed by atoms with Gasteiger partial charge in [-0.2, -0.15) is 5.26 Å². The molecule has 0 fully saturated rings. The van der Waals surface area contributed by atoms with Crippen LogP contribution in [0, 0.1) is 11.3 Å². The van der Waals surface area contributed by atoms with Crippen LogP contribution in [-0.4, -0.2) is 26.3 Å². The molecule has 0 atom stereocenters. The number of anilines is 1. The lowest BCUT2D eigenvalue weighted by Crippen LogP contribution is -1.95. The number of thiazole rings is 1. The molecule has 3 rings (SSSR count). The molecule has 0 saturated heterocycles. The van der Waals surface area contributed by atoms with E-state index in [0.717, 1.165) is 11.3 Å². The van der Waals surface area contributed by atoms with Crippen molar-refractivity contribution >= 4 is 34.2 Å². The van der Waals surface area contributed by atoms with Crippen molar-refractivity contribution in [3.63, 3.8) is 0 Å². The molecule has 148 valence electrons. The molecule has 8 heteroatoms. The number of benzene rings is 2. The van der Waals surface area contributed by atoms with Crippen LogP contribution < -0.4 is 19.5 Å².